The van der Waals surface area contributed by atoms with Gasteiger partial charge in [-0.2, -0.15) is 0 Å². The Kier molecular flexibility index (Phi) is 4.86. The lowest BCUT2D eigenvalue weighted by Gasteiger charge is -2.23. The maximum absolute atomic E-state index is 12.6. The van der Waals surface area contributed by atoms with Crippen molar-refractivity contribution in [3.05, 3.63) is 58.8 Å². The predicted octanol–water partition coefficient (Wildman–Crippen LogP) is 2.87. The van der Waals surface area contributed by atoms with Crippen LogP contribution in [0.3, 0.4) is 0 Å². The van der Waals surface area contributed by atoms with Gasteiger partial charge in [0.15, 0.2) is 11.5 Å². The molecular weight excluding hydrogens is 422 g/mol. The monoisotopic (exact) mass is 439 g/mol. The quantitative estimate of drug-likeness (QED) is 0.404. The second-order valence-electron chi connectivity index (χ2n) is 6.86. The third-order valence-electron chi connectivity index (χ3n) is 4.64. The average Bonchev–Trinajstić information content (AvgIpc) is 3.38. The van der Waals surface area contributed by atoms with E-state index in [9.17, 15) is 9.59 Å². The largest absolute Gasteiger partial charge is 0.485 e. The fourth-order valence-corrected chi connectivity index (χ4v) is 3.79. The van der Waals surface area contributed by atoms with Crippen molar-refractivity contribution in [3.63, 3.8) is 0 Å². The summed E-state index contributed by atoms with van der Waals surface area (Å²) in [7, 11) is 0. The second kappa shape index (κ2) is 7.84. The number of fused-ring (bicyclic) bond motifs is 2. The molecule has 0 radical (unpaired) electrons. The molecular formula is C20H17N5O5S. The minimum absolute atomic E-state index is 0.242. The molecule has 5 rings (SSSR count). The van der Waals surface area contributed by atoms with Crippen LogP contribution in [0.15, 0.2) is 56.9 Å². The Morgan fingerprint density at radius 3 is 2.84 bits per heavy atom. The van der Waals surface area contributed by atoms with Crippen LogP contribution < -0.4 is 20.5 Å². The number of aromatic nitrogens is 4. The zero-order valence-electron chi connectivity index (χ0n) is 16.2. The first-order chi connectivity index (χ1) is 15.0. The van der Waals surface area contributed by atoms with Crippen LogP contribution in [0.1, 0.15) is 18.9 Å². The lowest BCUT2D eigenvalue weighted by atomic mass is 10.2. The van der Waals surface area contributed by atoms with Gasteiger partial charge in [0.25, 0.3) is 11.1 Å². The van der Waals surface area contributed by atoms with Crippen molar-refractivity contribution < 1.29 is 18.7 Å². The molecule has 0 spiro atoms. The molecule has 0 fully saturated rings. The molecule has 10 nitrogen and oxygen atoms in total. The molecule has 0 unspecified atom stereocenters. The van der Waals surface area contributed by atoms with Crippen LogP contribution >= 0.6 is 11.8 Å². The number of H-pyrrole nitrogens is 2. The predicted molar refractivity (Wildman–Crippen MR) is 112 cm³/mol. The Balaban J connectivity index is 1.22. The summed E-state index contributed by atoms with van der Waals surface area (Å²) in [6, 6.07) is 12.5. The SMILES string of the molecule is C[C@@H](Sc1nnc([C@H]2COc3ccccc3O2)o1)C(=O)Nc1ccc2[nH]c(=O)[nH]c2c1. The Morgan fingerprint density at radius 2 is 1.97 bits per heavy atom. The molecule has 1 amide bonds. The molecule has 0 aliphatic carbocycles. The van der Waals surface area contributed by atoms with E-state index in [0.717, 1.165) is 11.8 Å². The Labute approximate surface area is 179 Å². The number of imidazole rings is 1. The summed E-state index contributed by atoms with van der Waals surface area (Å²) in [5.74, 6) is 1.32. The number of hydrogen-bond acceptors (Lipinski definition) is 8. The molecule has 0 bridgehead atoms. The van der Waals surface area contributed by atoms with Gasteiger partial charge in [-0.3, -0.25) is 4.79 Å². The molecule has 31 heavy (non-hydrogen) atoms. The van der Waals surface area contributed by atoms with Crippen molar-refractivity contribution in [2.45, 2.75) is 23.5 Å². The number of carbonyl (C=O) groups excluding carboxylic acids is 1. The van der Waals surface area contributed by atoms with Gasteiger partial charge in [-0.05, 0) is 37.3 Å². The summed E-state index contributed by atoms with van der Waals surface area (Å²) in [4.78, 5) is 29.2. The van der Waals surface area contributed by atoms with E-state index >= 15 is 0 Å². The van der Waals surface area contributed by atoms with E-state index in [1.165, 1.54) is 0 Å². The zero-order valence-corrected chi connectivity index (χ0v) is 17.1. The maximum atomic E-state index is 12.6. The lowest BCUT2D eigenvalue weighted by molar-refractivity contribution is -0.115. The van der Waals surface area contributed by atoms with Crippen LogP contribution in [0.5, 0.6) is 11.5 Å². The van der Waals surface area contributed by atoms with E-state index in [-0.39, 0.29) is 29.3 Å². The summed E-state index contributed by atoms with van der Waals surface area (Å²) in [5, 5.41) is 10.6. The van der Waals surface area contributed by atoms with Crippen molar-refractivity contribution >= 4 is 34.4 Å². The number of rotatable bonds is 5. The van der Waals surface area contributed by atoms with E-state index in [1.807, 2.05) is 18.2 Å². The summed E-state index contributed by atoms with van der Waals surface area (Å²) in [6.45, 7) is 1.99. The standard InChI is InChI=1S/C20H17N5O5S/c1-10(17(26)21-11-6-7-12-13(8-11)23-19(27)22-12)31-20-25-24-18(30-20)16-9-28-14-4-2-3-5-15(14)29-16/h2-8,10,16H,9H2,1H3,(H,21,26)(H2,22,23,27)/t10-,16-/m1/s1. The Hall–Kier alpha value is -3.73. The van der Waals surface area contributed by atoms with Crippen molar-refractivity contribution in [2.75, 3.05) is 11.9 Å². The number of para-hydroxylation sites is 2. The smallest absolute Gasteiger partial charge is 0.323 e. The molecule has 3 N–H and O–H groups in total. The second-order valence-corrected chi connectivity index (χ2v) is 8.15. The number of carbonyl (C=O) groups is 1. The number of anilines is 1. The highest BCUT2D eigenvalue weighted by Gasteiger charge is 2.28. The van der Waals surface area contributed by atoms with E-state index in [1.54, 1.807) is 31.2 Å². The van der Waals surface area contributed by atoms with Gasteiger partial charge >= 0.3 is 5.69 Å². The third kappa shape index (κ3) is 3.99. The minimum Gasteiger partial charge on any atom is -0.485 e. The maximum Gasteiger partial charge on any atom is 0.323 e. The van der Waals surface area contributed by atoms with E-state index in [2.05, 4.69) is 25.5 Å². The highest BCUT2D eigenvalue weighted by Crippen LogP contribution is 2.36. The van der Waals surface area contributed by atoms with Gasteiger partial charge in [0, 0.05) is 5.69 Å². The molecule has 1 aliphatic rings. The number of benzene rings is 2. The molecule has 1 aliphatic heterocycles. The minimum atomic E-state index is -0.517. The third-order valence-corrected chi connectivity index (χ3v) is 5.57. The van der Waals surface area contributed by atoms with Gasteiger partial charge in [0.1, 0.15) is 6.61 Å². The molecule has 2 aromatic carbocycles. The van der Waals surface area contributed by atoms with E-state index in [0.29, 0.717) is 28.2 Å². The Morgan fingerprint density at radius 1 is 1.16 bits per heavy atom. The number of nitrogens with one attached hydrogen (secondary N) is 3. The van der Waals surface area contributed by atoms with Crippen molar-refractivity contribution in [1.29, 1.82) is 0 Å². The van der Waals surface area contributed by atoms with Crippen LogP contribution in [0.2, 0.25) is 0 Å². The van der Waals surface area contributed by atoms with Crippen molar-refractivity contribution in [2.24, 2.45) is 0 Å². The normalized spacial score (nSPS) is 16.2. The Bertz CT molecular complexity index is 1310. The average molecular weight is 439 g/mol. The molecule has 2 atom stereocenters. The first kappa shape index (κ1) is 19.2. The molecule has 3 heterocycles. The summed E-state index contributed by atoms with van der Waals surface area (Å²) >= 11 is 1.14. The molecule has 4 aromatic rings. The molecule has 0 saturated carbocycles. The van der Waals surface area contributed by atoms with E-state index < -0.39 is 11.4 Å². The number of hydrogen-bond donors (Lipinski definition) is 3. The van der Waals surface area contributed by atoms with Crippen LogP contribution in [-0.4, -0.2) is 37.9 Å². The summed E-state index contributed by atoms with van der Waals surface area (Å²) in [5.41, 5.74) is 1.55. The fourth-order valence-electron chi connectivity index (χ4n) is 3.10. The molecule has 158 valence electrons. The topological polar surface area (TPSA) is 135 Å². The molecule has 11 heteroatoms. The van der Waals surface area contributed by atoms with Crippen molar-refractivity contribution in [3.8, 4) is 11.5 Å². The number of aromatic amines is 2. The van der Waals surface area contributed by atoms with Crippen LogP contribution in [0.4, 0.5) is 5.69 Å². The summed E-state index contributed by atoms with van der Waals surface area (Å²) < 4.78 is 17.2. The molecule has 0 saturated heterocycles. The first-order valence-corrected chi connectivity index (χ1v) is 10.3. The summed E-state index contributed by atoms with van der Waals surface area (Å²) in [6.07, 6.45) is -0.517. The van der Waals surface area contributed by atoms with Gasteiger partial charge in [0.2, 0.25) is 12.0 Å². The lowest BCUT2D eigenvalue weighted by Crippen LogP contribution is -2.22. The van der Waals surface area contributed by atoms with Gasteiger partial charge in [-0.1, -0.05) is 23.9 Å². The number of nitrogens with zero attached hydrogens (tertiary/aromatic N) is 2. The first-order valence-electron chi connectivity index (χ1n) is 9.46. The van der Waals surface area contributed by atoms with E-state index in [4.69, 9.17) is 13.9 Å². The molecule has 2 aromatic heterocycles. The fraction of sp³-hybridized carbons (Fsp3) is 0.200. The number of ether oxygens (including phenoxy) is 2. The van der Waals surface area contributed by atoms with Crippen molar-refractivity contribution in [1.82, 2.24) is 20.2 Å². The number of amides is 1. The van der Waals surface area contributed by atoms with Gasteiger partial charge in [-0.25, -0.2) is 4.79 Å². The number of thioether (sulfide) groups is 1. The highest BCUT2D eigenvalue weighted by atomic mass is 32.2. The highest BCUT2D eigenvalue weighted by molar-refractivity contribution is 8.00. The van der Waals surface area contributed by atoms with Gasteiger partial charge in [0.05, 0.1) is 16.3 Å². The van der Waals surface area contributed by atoms with Crippen LogP contribution in [-0.2, 0) is 4.79 Å². The van der Waals surface area contributed by atoms with Gasteiger partial charge in [-0.15, -0.1) is 10.2 Å². The van der Waals surface area contributed by atoms with Gasteiger partial charge < -0.3 is 29.2 Å². The van der Waals surface area contributed by atoms with Crippen LogP contribution in [0.25, 0.3) is 11.0 Å². The zero-order chi connectivity index (χ0) is 21.4. The van der Waals surface area contributed by atoms with Crippen LogP contribution in [0, 0.1) is 0 Å².